The number of ether oxygens (including phenoxy) is 1. The van der Waals surface area contributed by atoms with Crippen LogP contribution in [0.4, 0.5) is 11.4 Å². The van der Waals surface area contributed by atoms with Crippen molar-refractivity contribution in [3.8, 4) is 0 Å². The van der Waals surface area contributed by atoms with Crippen LogP contribution in [0.15, 0.2) is 47.9 Å². The van der Waals surface area contributed by atoms with Crippen molar-refractivity contribution in [3.05, 3.63) is 52.7 Å². The molecule has 2 aromatic rings. The summed E-state index contributed by atoms with van der Waals surface area (Å²) in [5.41, 5.74) is 1.92. The van der Waals surface area contributed by atoms with Crippen molar-refractivity contribution in [2.24, 2.45) is 0 Å². The number of hydrogen-bond acceptors (Lipinski definition) is 4. The van der Waals surface area contributed by atoms with Crippen LogP contribution >= 0.6 is 11.3 Å². The molecule has 0 unspecified atom stereocenters. The lowest BCUT2D eigenvalue weighted by Crippen LogP contribution is -2.36. The number of carbonyl (C=O) groups is 1. The van der Waals surface area contributed by atoms with Gasteiger partial charge in [0.25, 0.3) is 0 Å². The molecule has 0 saturated carbocycles. The summed E-state index contributed by atoms with van der Waals surface area (Å²) in [6.07, 6.45) is 3.39. The van der Waals surface area contributed by atoms with Crippen LogP contribution in [0.2, 0.25) is 0 Å². The van der Waals surface area contributed by atoms with E-state index in [2.05, 4.69) is 16.3 Å². The summed E-state index contributed by atoms with van der Waals surface area (Å²) in [6, 6.07) is 11.9. The smallest absolute Gasteiger partial charge is 0.248 e. The van der Waals surface area contributed by atoms with Crippen LogP contribution in [0, 0.1) is 0 Å². The van der Waals surface area contributed by atoms with Crippen LogP contribution in [0.1, 0.15) is 4.88 Å². The second-order valence-corrected chi connectivity index (χ2v) is 5.97. The van der Waals surface area contributed by atoms with E-state index < -0.39 is 0 Å². The molecule has 22 heavy (non-hydrogen) atoms. The Balaban J connectivity index is 1.63. The fourth-order valence-corrected chi connectivity index (χ4v) is 2.95. The average Bonchev–Trinajstić information content (AvgIpc) is 3.08. The summed E-state index contributed by atoms with van der Waals surface area (Å²) in [5.74, 6) is -0.118. The molecule has 0 radical (unpaired) electrons. The zero-order chi connectivity index (χ0) is 15.2. The summed E-state index contributed by atoms with van der Waals surface area (Å²) in [7, 11) is 0. The molecule has 1 aliphatic rings. The number of morpholine rings is 1. The molecule has 1 fully saturated rings. The normalized spacial score (nSPS) is 15.2. The Morgan fingerprint density at radius 3 is 2.86 bits per heavy atom. The zero-order valence-corrected chi connectivity index (χ0v) is 13.0. The lowest BCUT2D eigenvalue weighted by molar-refractivity contribution is -0.111. The van der Waals surface area contributed by atoms with Gasteiger partial charge in [-0.3, -0.25) is 4.79 Å². The van der Waals surface area contributed by atoms with Gasteiger partial charge in [0, 0.05) is 35.4 Å². The molecule has 3 rings (SSSR count). The van der Waals surface area contributed by atoms with Crippen LogP contribution in [-0.4, -0.2) is 32.2 Å². The second-order valence-electron chi connectivity index (χ2n) is 4.99. The summed E-state index contributed by atoms with van der Waals surface area (Å²) in [6.45, 7) is 3.27. The molecular formula is C17H18N2O2S. The summed E-state index contributed by atoms with van der Waals surface area (Å²) >= 11 is 1.61. The minimum absolute atomic E-state index is 0.118. The number of benzene rings is 1. The zero-order valence-electron chi connectivity index (χ0n) is 12.2. The molecule has 0 atom stereocenters. The highest BCUT2D eigenvalue weighted by atomic mass is 32.1. The highest BCUT2D eigenvalue weighted by molar-refractivity contribution is 7.10. The summed E-state index contributed by atoms with van der Waals surface area (Å²) in [5, 5.41) is 4.89. The second kappa shape index (κ2) is 7.24. The van der Waals surface area contributed by atoms with Crippen molar-refractivity contribution in [1.82, 2.24) is 0 Å². The van der Waals surface area contributed by atoms with Gasteiger partial charge in [-0.05, 0) is 35.7 Å². The molecular weight excluding hydrogens is 296 g/mol. The third-order valence-electron chi connectivity index (χ3n) is 3.43. The van der Waals surface area contributed by atoms with Crippen LogP contribution in [0.25, 0.3) is 6.08 Å². The van der Waals surface area contributed by atoms with Crippen LogP contribution < -0.4 is 10.2 Å². The van der Waals surface area contributed by atoms with E-state index in [9.17, 15) is 4.79 Å². The number of amides is 1. The van der Waals surface area contributed by atoms with Crippen LogP contribution in [-0.2, 0) is 9.53 Å². The third-order valence-corrected chi connectivity index (χ3v) is 4.27. The van der Waals surface area contributed by atoms with E-state index in [4.69, 9.17) is 4.74 Å². The quantitative estimate of drug-likeness (QED) is 0.881. The van der Waals surface area contributed by atoms with E-state index >= 15 is 0 Å². The van der Waals surface area contributed by atoms with E-state index in [1.165, 1.54) is 0 Å². The maximum atomic E-state index is 12.0. The molecule has 1 aliphatic heterocycles. The predicted octanol–water partition coefficient (Wildman–Crippen LogP) is 3.24. The summed E-state index contributed by atoms with van der Waals surface area (Å²) < 4.78 is 5.36. The molecule has 5 heteroatoms. The molecule has 2 heterocycles. The van der Waals surface area contributed by atoms with Crippen molar-refractivity contribution < 1.29 is 9.53 Å². The highest BCUT2D eigenvalue weighted by Crippen LogP contribution is 2.20. The number of thiophene rings is 1. The number of anilines is 2. The maximum Gasteiger partial charge on any atom is 0.248 e. The van der Waals surface area contributed by atoms with Crippen molar-refractivity contribution >= 4 is 34.7 Å². The van der Waals surface area contributed by atoms with Gasteiger partial charge in [-0.2, -0.15) is 0 Å². The molecule has 1 aromatic carbocycles. The first kappa shape index (κ1) is 14.8. The number of rotatable bonds is 4. The van der Waals surface area contributed by atoms with Crippen molar-refractivity contribution in [3.63, 3.8) is 0 Å². The number of hydrogen-bond donors (Lipinski definition) is 1. The van der Waals surface area contributed by atoms with Gasteiger partial charge in [0.05, 0.1) is 13.2 Å². The van der Waals surface area contributed by atoms with Gasteiger partial charge in [-0.15, -0.1) is 11.3 Å². The van der Waals surface area contributed by atoms with Gasteiger partial charge >= 0.3 is 0 Å². The molecule has 1 aromatic heterocycles. The Kier molecular flexibility index (Phi) is 4.88. The molecule has 4 nitrogen and oxygen atoms in total. The fourth-order valence-electron chi connectivity index (χ4n) is 2.33. The van der Waals surface area contributed by atoms with Crippen LogP contribution in [0.3, 0.4) is 0 Å². The molecule has 114 valence electrons. The molecule has 1 N–H and O–H groups in total. The maximum absolute atomic E-state index is 12.0. The number of carbonyl (C=O) groups excluding carboxylic acids is 1. The van der Waals surface area contributed by atoms with E-state index in [-0.39, 0.29) is 5.91 Å². The van der Waals surface area contributed by atoms with Gasteiger partial charge in [0.15, 0.2) is 0 Å². The Hall–Kier alpha value is -2.11. The Morgan fingerprint density at radius 2 is 2.09 bits per heavy atom. The van der Waals surface area contributed by atoms with Crippen molar-refractivity contribution in [1.29, 1.82) is 0 Å². The molecule has 0 aliphatic carbocycles. The van der Waals surface area contributed by atoms with E-state index in [0.29, 0.717) is 0 Å². The largest absolute Gasteiger partial charge is 0.378 e. The van der Waals surface area contributed by atoms with E-state index in [1.807, 2.05) is 41.8 Å². The van der Waals surface area contributed by atoms with Crippen molar-refractivity contribution in [2.45, 2.75) is 0 Å². The Morgan fingerprint density at radius 1 is 1.23 bits per heavy atom. The predicted molar refractivity (Wildman–Crippen MR) is 91.5 cm³/mol. The number of nitrogens with zero attached hydrogens (tertiary/aromatic N) is 1. The SMILES string of the molecule is O=C(C=Cc1cccs1)Nc1cccc(N2CCOCC2)c1. The topological polar surface area (TPSA) is 41.6 Å². The lowest BCUT2D eigenvalue weighted by Gasteiger charge is -2.29. The van der Waals surface area contributed by atoms with Gasteiger partial charge < -0.3 is 15.0 Å². The third kappa shape index (κ3) is 3.96. The molecule has 0 bridgehead atoms. The minimum atomic E-state index is -0.118. The first-order valence-electron chi connectivity index (χ1n) is 7.26. The van der Waals surface area contributed by atoms with Gasteiger partial charge in [-0.1, -0.05) is 12.1 Å². The highest BCUT2D eigenvalue weighted by Gasteiger charge is 2.11. The molecule has 1 amide bonds. The minimum Gasteiger partial charge on any atom is -0.378 e. The number of nitrogens with one attached hydrogen (secondary N) is 1. The van der Waals surface area contributed by atoms with Gasteiger partial charge in [0.1, 0.15) is 0 Å². The fraction of sp³-hybridized carbons (Fsp3) is 0.235. The lowest BCUT2D eigenvalue weighted by atomic mass is 10.2. The Labute approximate surface area is 134 Å². The standard InChI is InChI=1S/C17H18N2O2S/c20-17(7-6-16-5-2-12-22-16)18-14-3-1-4-15(13-14)19-8-10-21-11-9-19/h1-7,12-13H,8-11H2,(H,18,20). The summed E-state index contributed by atoms with van der Waals surface area (Å²) in [4.78, 5) is 15.3. The average molecular weight is 314 g/mol. The molecule has 1 saturated heterocycles. The van der Waals surface area contributed by atoms with Gasteiger partial charge in [0.2, 0.25) is 5.91 Å². The van der Waals surface area contributed by atoms with Gasteiger partial charge in [-0.25, -0.2) is 0 Å². The van der Waals surface area contributed by atoms with Crippen LogP contribution in [0.5, 0.6) is 0 Å². The van der Waals surface area contributed by atoms with E-state index in [1.54, 1.807) is 17.4 Å². The van der Waals surface area contributed by atoms with Crippen molar-refractivity contribution in [2.75, 3.05) is 36.5 Å². The first-order chi connectivity index (χ1) is 10.8. The first-order valence-corrected chi connectivity index (χ1v) is 8.14. The molecule has 0 spiro atoms. The Bertz CT molecular complexity index is 646. The monoisotopic (exact) mass is 314 g/mol. The van der Waals surface area contributed by atoms with E-state index in [0.717, 1.165) is 42.6 Å².